The number of hydrogen-bond donors (Lipinski definition) is 2. The van der Waals surface area contributed by atoms with Gasteiger partial charge in [0, 0.05) is 30.1 Å². The van der Waals surface area contributed by atoms with E-state index in [0.717, 1.165) is 12.1 Å². The van der Waals surface area contributed by atoms with Crippen molar-refractivity contribution in [2.24, 2.45) is 0 Å². The molecular weight excluding hydrogens is 360 g/mol. The van der Waals surface area contributed by atoms with Gasteiger partial charge in [-0.1, -0.05) is 0 Å². The highest BCUT2D eigenvalue weighted by molar-refractivity contribution is 6.02. The Bertz CT molecular complexity index is 876. The van der Waals surface area contributed by atoms with Gasteiger partial charge in [0.2, 0.25) is 12.7 Å². The summed E-state index contributed by atoms with van der Waals surface area (Å²) in [5.41, 5.74) is 0.764. The lowest BCUT2D eigenvalue weighted by Crippen LogP contribution is -2.42. The second kappa shape index (κ2) is 7.90. The Hall–Kier alpha value is -3.36. The van der Waals surface area contributed by atoms with Crippen molar-refractivity contribution in [1.82, 2.24) is 5.32 Å². The summed E-state index contributed by atoms with van der Waals surface area (Å²) in [6, 6.07) is 7.45. The first-order chi connectivity index (χ1) is 13.0. The molecule has 0 fully saturated rings. The number of imide groups is 1. The molecular formula is C18H17F2N3O4. The first kappa shape index (κ1) is 18.4. The van der Waals surface area contributed by atoms with Crippen LogP contribution < -0.4 is 25.0 Å². The van der Waals surface area contributed by atoms with Gasteiger partial charge in [0.25, 0.3) is 0 Å². The predicted octanol–water partition coefficient (Wildman–Crippen LogP) is 2.87. The Morgan fingerprint density at radius 1 is 1.07 bits per heavy atom. The molecule has 0 saturated heterocycles. The van der Waals surface area contributed by atoms with Gasteiger partial charge in [0.05, 0.1) is 6.54 Å². The number of likely N-dealkylation sites (N-methyl/N-ethyl adjacent to an activating group) is 1. The number of anilines is 2. The van der Waals surface area contributed by atoms with E-state index >= 15 is 0 Å². The highest BCUT2D eigenvalue weighted by Crippen LogP contribution is 2.34. The average Bonchev–Trinajstić information content (AvgIpc) is 3.09. The van der Waals surface area contributed by atoms with Crippen molar-refractivity contribution in [2.45, 2.75) is 6.92 Å². The standard InChI is InChI=1S/C18H17F2N3O4/c1-2-23(12-4-5-13(19)14(20)8-12)9-17(24)22-18(25)21-11-3-6-15-16(7-11)27-10-26-15/h3-8H,2,9-10H2,1H3,(H2,21,22,24,25). The molecule has 0 radical (unpaired) electrons. The van der Waals surface area contributed by atoms with Crippen molar-refractivity contribution in [1.29, 1.82) is 0 Å². The Kier molecular flexibility index (Phi) is 5.39. The molecule has 0 bridgehead atoms. The van der Waals surface area contributed by atoms with Gasteiger partial charge in [-0.15, -0.1) is 0 Å². The van der Waals surface area contributed by atoms with Crippen LogP contribution in [0.2, 0.25) is 0 Å². The minimum atomic E-state index is -1.01. The predicted molar refractivity (Wildman–Crippen MR) is 94.0 cm³/mol. The van der Waals surface area contributed by atoms with Crippen LogP contribution in [0.5, 0.6) is 11.5 Å². The number of halogens is 2. The van der Waals surface area contributed by atoms with Gasteiger partial charge in [-0.2, -0.15) is 0 Å². The topological polar surface area (TPSA) is 79.9 Å². The lowest BCUT2D eigenvalue weighted by molar-refractivity contribution is -0.118. The Labute approximate surface area is 153 Å². The van der Waals surface area contributed by atoms with Crippen LogP contribution in [0.3, 0.4) is 0 Å². The fourth-order valence-electron chi connectivity index (χ4n) is 2.54. The molecule has 0 aromatic heterocycles. The molecule has 1 aliphatic rings. The van der Waals surface area contributed by atoms with Gasteiger partial charge in [0.15, 0.2) is 23.1 Å². The van der Waals surface area contributed by atoms with E-state index in [1.165, 1.54) is 11.0 Å². The van der Waals surface area contributed by atoms with Gasteiger partial charge in [-0.25, -0.2) is 13.6 Å². The van der Waals surface area contributed by atoms with E-state index in [0.29, 0.717) is 29.4 Å². The molecule has 0 saturated carbocycles. The lowest BCUT2D eigenvalue weighted by atomic mass is 10.2. The number of nitrogens with one attached hydrogen (secondary N) is 2. The maximum atomic E-state index is 13.4. The third kappa shape index (κ3) is 4.43. The van der Waals surface area contributed by atoms with Crippen LogP contribution in [-0.4, -0.2) is 31.8 Å². The number of hydrogen-bond acceptors (Lipinski definition) is 5. The first-order valence-electron chi connectivity index (χ1n) is 8.16. The van der Waals surface area contributed by atoms with Crippen LogP contribution in [0, 0.1) is 11.6 Å². The largest absolute Gasteiger partial charge is 0.454 e. The number of ether oxygens (including phenoxy) is 2. The maximum Gasteiger partial charge on any atom is 0.325 e. The minimum absolute atomic E-state index is 0.111. The number of rotatable bonds is 5. The zero-order valence-electron chi connectivity index (χ0n) is 14.4. The molecule has 9 heteroatoms. The summed E-state index contributed by atoms with van der Waals surface area (Å²) in [4.78, 5) is 25.6. The van der Waals surface area contributed by atoms with Crippen molar-refractivity contribution >= 4 is 23.3 Å². The highest BCUT2D eigenvalue weighted by atomic mass is 19.2. The summed E-state index contributed by atoms with van der Waals surface area (Å²) < 4.78 is 36.8. The molecule has 0 aliphatic carbocycles. The fourth-order valence-corrected chi connectivity index (χ4v) is 2.54. The smallest absolute Gasteiger partial charge is 0.325 e. The van der Waals surface area contributed by atoms with Crippen LogP contribution >= 0.6 is 0 Å². The third-order valence-corrected chi connectivity index (χ3v) is 3.87. The van der Waals surface area contributed by atoms with Gasteiger partial charge in [-0.3, -0.25) is 10.1 Å². The van der Waals surface area contributed by atoms with Gasteiger partial charge < -0.3 is 19.7 Å². The molecule has 1 aliphatic heterocycles. The van der Waals surface area contributed by atoms with Crippen molar-refractivity contribution in [3.63, 3.8) is 0 Å². The second-order valence-electron chi connectivity index (χ2n) is 5.68. The molecule has 142 valence electrons. The summed E-state index contributed by atoms with van der Waals surface area (Å²) in [5, 5.41) is 4.70. The van der Waals surface area contributed by atoms with Crippen LogP contribution in [0.4, 0.5) is 25.0 Å². The zero-order valence-corrected chi connectivity index (χ0v) is 14.4. The van der Waals surface area contributed by atoms with E-state index < -0.39 is 23.6 Å². The third-order valence-electron chi connectivity index (χ3n) is 3.87. The van der Waals surface area contributed by atoms with Gasteiger partial charge in [0.1, 0.15) is 0 Å². The Morgan fingerprint density at radius 3 is 2.59 bits per heavy atom. The average molecular weight is 377 g/mol. The molecule has 0 unspecified atom stereocenters. The fraction of sp³-hybridized carbons (Fsp3) is 0.222. The van der Waals surface area contributed by atoms with E-state index in [4.69, 9.17) is 9.47 Å². The van der Waals surface area contributed by atoms with E-state index in [1.807, 2.05) is 0 Å². The molecule has 2 aromatic rings. The van der Waals surface area contributed by atoms with Crippen LogP contribution in [-0.2, 0) is 4.79 Å². The number of carbonyl (C=O) groups excluding carboxylic acids is 2. The maximum absolute atomic E-state index is 13.4. The summed E-state index contributed by atoms with van der Waals surface area (Å²) in [6.45, 7) is 2.03. The summed E-state index contributed by atoms with van der Waals surface area (Å²) in [6.07, 6.45) is 0. The van der Waals surface area contributed by atoms with Crippen molar-refractivity contribution in [3.8, 4) is 11.5 Å². The van der Waals surface area contributed by atoms with E-state index in [9.17, 15) is 18.4 Å². The molecule has 1 heterocycles. The molecule has 3 amide bonds. The number of nitrogens with zero attached hydrogens (tertiary/aromatic N) is 1. The molecule has 7 nitrogen and oxygen atoms in total. The summed E-state index contributed by atoms with van der Waals surface area (Å²) in [5.74, 6) is -1.51. The molecule has 3 rings (SSSR count). The minimum Gasteiger partial charge on any atom is -0.454 e. The lowest BCUT2D eigenvalue weighted by Gasteiger charge is -2.22. The Balaban J connectivity index is 1.57. The second-order valence-corrected chi connectivity index (χ2v) is 5.68. The molecule has 2 aromatic carbocycles. The molecule has 0 atom stereocenters. The number of carbonyl (C=O) groups is 2. The van der Waals surface area contributed by atoms with E-state index in [-0.39, 0.29) is 13.3 Å². The number of benzene rings is 2. The highest BCUT2D eigenvalue weighted by Gasteiger charge is 2.17. The normalized spacial score (nSPS) is 11.8. The van der Waals surface area contributed by atoms with Crippen molar-refractivity contribution < 1.29 is 27.8 Å². The monoisotopic (exact) mass is 377 g/mol. The SMILES string of the molecule is CCN(CC(=O)NC(=O)Nc1ccc2c(c1)OCO2)c1ccc(F)c(F)c1. The first-order valence-corrected chi connectivity index (χ1v) is 8.16. The van der Waals surface area contributed by atoms with Crippen LogP contribution in [0.25, 0.3) is 0 Å². The van der Waals surface area contributed by atoms with Crippen molar-refractivity contribution in [3.05, 3.63) is 48.0 Å². The zero-order chi connectivity index (χ0) is 19.4. The Morgan fingerprint density at radius 2 is 1.85 bits per heavy atom. The number of fused-ring (bicyclic) bond motifs is 1. The number of urea groups is 1. The summed E-state index contributed by atoms with van der Waals surface area (Å²) >= 11 is 0. The van der Waals surface area contributed by atoms with Crippen LogP contribution in [0.1, 0.15) is 6.92 Å². The van der Waals surface area contributed by atoms with E-state index in [2.05, 4.69) is 10.6 Å². The van der Waals surface area contributed by atoms with Gasteiger partial charge >= 0.3 is 6.03 Å². The summed E-state index contributed by atoms with van der Waals surface area (Å²) in [7, 11) is 0. The quantitative estimate of drug-likeness (QED) is 0.838. The molecule has 2 N–H and O–H groups in total. The van der Waals surface area contributed by atoms with Crippen LogP contribution in [0.15, 0.2) is 36.4 Å². The van der Waals surface area contributed by atoms with Gasteiger partial charge in [-0.05, 0) is 31.2 Å². The molecule has 27 heavy (non-hydrogen) atoms. The van der Waals surface area contributed by atoms with E-state index in [1.54, 1.807) is 25.1 Å². The van der Waals surface area contributed by atoms with Crippen molar-refractivity contribution in [2.75, 3.05) is 30.1 Å². The number of amides is 3. The molecule has 0 spiro atoms.